The molecule has 14 heteroatoms. The summed E-state index contributed by atoms with van der Waals surface area (Å²) < 4.78 is 86.0. The number of carbonyl (C=O) groups excluding carboxylic acids is 4. The molecule has 0 aliphatic rings. The maximum Gasteiger partial charge on any atom is 0.471 e. The molecule has 2 amide bonds. The van der Waals surface area contributed by atoms with Crippen LogP contribution in [0.25, 0.3) is 0 Å². The zero-order valence-electron chi connectivity index (χ0n) is 25.3. The smallest absolute Gasteiger partial charge is 0.457 e. The summed E-state index contributed by atoms with van der Waals surface area (Å²) in [6.07, 6.45) is -10.0. The van der Waals surface area contributed by atoms with Crippen molar-refractivity contribution < 1.29 is 55.0 Å². The first-order valence-corrected chi connectivity index (χ1v) is 14.4. The van der Waals surface area contributed by atoms with Crippen LogP contribution >= 0.6 is 0 Å². The topological polar surface area (TPSA) is 111 Å². The van der Waals surface area contributed by atoms with Crippen molar-refractivity contribution >= 4 is 34.8 Å². The van der Waals surface area contributed by atoms with E-state index in [0.717, 1.165) is 0 Å². The van der Waals surface area contributed by atoms with Crippen molar-refractivity contribution in [2.75, 3.05) is 10.6 Å². The molecule has 2 N–H and O–H groups in total. The molecular weight excluding hydrogens is 670 g/mol. The minimum Gasteiger partial charge on any atom is -0.457 e. The lowest BCUT2D eigenvalue weighted by atomic mass is 9.97. The third-order valence-corrected chi connectivity index (χ3v) is 6.83. The van der Waals surface area contributed by atoms with Crippen molar-refractivity contribution in [3.63, 3.8) is 0 Å². The Hall–Kier alpha value is -6.44. The van der Waals surface area contributed by atoms with Gasteiger partial charge < -0.3 is 20.1 Å². The quantitative estimate of drug-likeness (QED) is 0.112. The van der Waals surface area contributed by atoms with Gasteiger partial charge in [0.1, 0.15) is 23.0 Å². The van der Waals surface area contributed by atoms with Gasteiger partial charge >= 0.3 is 24.2 Å². The second kappa shape index (κ2) is 14.4. The Labute approximate surface area is 279 Å². The Bertz CT molecular complexity index is 1880. The van der Waals surface area contributed by atoms with Gasteiger partial charge in [-0.15, -0.1) is 0 Å². The van der Waals surface area contributed by atoms with Crippen LogP contribution in [0.5, 0.6) is 23.0 Å². The molecule has 0 saturated heterocycles. The Kier molecular flexibility index (Phi) is 10.0. The molecule has 0 aliphatic carbocycles. The zero-order chi connectivity index (χ0) is 36.1. The van der Waals surface area contributed by atoms with Gasteiger partial charge in [0, 0.05) is 33.6 Å². The molecule has 5 aromatic rings. The molecule has 0 bridgehead atoms. The van der Waals surface area contributed by atoms with E-state index in [1.807, 2.05) is 0 Å². The number of nitrogens with one attached hydrogen (secondary N) is 2. The number of alkyl halides is 6. The Balaban J connectivity index is 1.18. The maximum atomic E-state index is 13.2. The highest BCUT2D eigenvalue weighted by Gasteiger charge is 2.39. The summed E-state index contributed by atoms with van der Waals surface area (Å²) in [7, 11) is 0. The third-order valence-electron chi connectivity index (χ3n) is 6.83. The average Bonchev–Trinajstić information content (AvgIpc) is 3.09. The van der Waals surface area contributed by atoms with Crippen LogP contribution in [0.1, 0.15) is 31.8 Å². The van der Waals surface area contributed by atoms with E-state index in [-0.39, 0.29) is 45.6 Å². The van der Waals surface area contributed by atoms with E-state index in [2.05, 4.69) is 0 Å². The van der Waals surface area contributed by atoms with Gasteiger partial charge in [0.25, 0.3) is 0 Å². The summed E-state index contributed by atoms with van der Waals surface area (Å²) in [6.45, 7) is 0. The summed E-state index contributed by atoms with van der Waals surface area (Å²) in [5, 5.41) is 3.46. The molecule has 0 radical (unpaired) electrons. The number of rotatable bonds is 10. The van der Waals surface area contributed by atoms with Crippen molar-refractivity contribution in [1.82, 2.24) is 0 Å². The maximum absolute atomic E-state index is 13.2. The van der Waals surface area contributed by atoms with Crippen molar-refractivity contribution in [2.24, 2.45) is 0 Å². The molecule has 50 heavy (non-hydrogen) atoms. The first-order chi connectivity index (χ1) is 23.7. The van der Waals surface area contributed by atoms with E-state index in [1.165, 1.54) is 103 Å². The second-order valence-corrected chi connectivity index (χ2v) is 10.4. The molecular formula is C36H22F6N2O6. The van der Waals surface area contributed by atoms with Gasteiger partial charge in [-0.05, 0) is 103 Å². The summed E-state index contributed by atoms with van der Waals surface area (Å²) >= 11 is 0. The predicted molar refractivity (Wildman–Crippen MR) is 169 cm³/mol. The van der Waals surface area contributed by atoms with Gasteiger partial charge in [-0.3, -0.25) is 19.2 Å². The minimum absolute atomic E-state index is 0.0708. The highest BCUT2D eigenvalue weighted by Crippen LogP contribution is 2.27. The normalized spacial score (nSPS) is 11.3. The number of amides is 2. The van der Waals surface area contributed by atoms with E-state index >= 15 is 0 Å². The standard InChI is InChI=1S/C36H22F6N2O6/c37-35(38,39)33(47)43-25-8-16-29(17-9-25)49-27-12-4-21(5-13-27)31(45)23-2-1-3-24(20-23)32(46)22-6-14-28(15-7-22)50-30-18-10-26(11-19-30)44-34(48)36(40,41)42/h1-20H,(H,43,47)(H,44,48). The van der Waals surface area contributed by atoms with Crippen molar-refractivity contribution in [3.05, 3.63) is 144 Å². The lowest BCUT2D eigenvalue weighted by Gasteiger charge is -2.10. The lowest BCUT2D eigenvalue weighted by molar-refractivity contribution is -0.167. The summed E-state index contributed by atoms with van der Waals surface area (Å²) in [4.78, 5) is 48.6. The van der Waals surface area contributed by atoms with Crippen molar-refractivity contribution in [3.8, 4) is 23.0 Å². The molecule has 0 heterocycles. The highest BCUT2D eigenvalue weighted by atomic mass is 19.4. The molecule has 5 rings (SSSR count). The molecule has 0 spiro atoms. The van der Waals surface area contributed by atoms with E-state index < -0.39 is 24.2 Å². The van der Waals surface area contributed by atoms with Crippen LogP contribution in [0.4, 0.5) is 37.7 Å². The van der Waals surface area contributed by atoms with Crippen LogP contribution < -0.4 is 20.1 Å². The second-order valence-electron chi connectivity index (χ2n) is 10.4. The average molecular weight is 693 g/mol. The first kappa shape index (κ1) is 34.9. The largest absolute Gasteiger partial charge is 0.471 e. The number of hydrogen-bond donors (Lipinski definition) is 2. The van der Waals surface area contributed by atoms with Gasteiger partial charge in [-0.25, -0.2) is 0 Å². The lowest BCUT2D eigenvalue weighted by Crippen LogP contribution is -2.29. The van der Waals surface area contributed by atoms with Crippen LogP contribution in [0.2, 0.25) is 0 Å². The first-order valence-electron chi connectivity index (χ1n) is 14.4. The van der Waals surface area contributed by atoms with Gasteiger partial charge in [-0.1, -0.05) is 18.2 Å². The molecule has 254 valence electrons. The molecule has 8 nitrogen and oxygen atoms in total. The fraction of sp³-hybridized carbons (Fsp3) is 0.0556. The van der Waals surface area contributed by atoms with Gasteiger partial charge in [0.2, 0.25) is 0 Å². The van der Waals surface area contributed by atoms with Gasteiger partial charge in [-0.2, -0.15) is 26.3 Å². The zero-order valence-corrected chi connectivity index (χ0v) is 25.3. The van der Waals surface area contributed by atoms with Crippen LogP contribution in [-0.4, -0.2) is 35.7 Å². The molecule has 5 aromatic carbocycles. The fourth-order valence-electron chi connectivity index (χ4n) is 4.37. The molecule has 0 atom stereocenters. The Morgan fingerprint density at radius 2 is 0.720 bits per heavy atom. The third kappa shape index (κ3) is 8.92. The van der Waals surface area contributed by atoms with Crippen molar-refractivity contribution in [1.29, 1.82) is 0 Å². The van der Waals surface area contributed by atoms with Crippen LogP contribution in [-0.2, 0) is 9.59 Å². The van der Waals surface area contributed by atoms with Crippen LogP contribution in [0.3, 0.4) is 0 Å². The summed E-state index contributed by atoms with van der Waals surface area (Å²) in [5.41, 5.74) is 0.942. The number of ether oxygens (including phenoxy) is 2. The number of anilines is 2. The number of benzene rings is 5. The van der Waals surface area contributed by atoms with E-state index in [9.17, 15) is 45.5 Å². The van der Waals surface area contributed by atoms with Crippen molar-refractivity contribution in [2.45, 2.75) is 12.4 Å². The molecule has 0 fully saturated rings. The predicted octanol–water partition coefficient (Wildman–Crippen LogP) is 8.73. The summed E-state index contributed by atoms with van der Waals surface area (Å²) in [5.74, 6) is -3.74. The van der Waals surface area contributed by atoms with E-state index in [1.54, 1.807) is 28.8 Å². The molecule has 0 aromatic heterocycles. The number of ketones is 2. The fourth-order valence-corrected chi connectivity index (χ4v) is 4.37. The number of hydrogen-bond acceptors (Lipinski definition) is 6. The van der Waals surface area contributed by atoms with Gasteiger partial charge in [0.15, 0.2) is 11.6 Å². The number of halogens is 6. The monoisotopic (exact) mass is 692 g/mol. The van der Waals surface area contributed by atoms with Crippen LogP contribution in [0, 0.1) is 0 Å². The minimum atomic E-state index is -5.02. The Morgan fingerprint density at radius 3 is 1.02 bits per heavy atom. The van der Waals surface area contributed by atoms with Crippen LogP contribution in [0.15, 0.2) is 121 Å². The van der Waals surface area contributed by atoms with Gasteiger partial charge in [0.05, 0.1) is 0 Å². The molecule has 0 unspecified atom stereocenters. The molecule has 0 aliphatic heterocycles. The highest BCUT2D eigenvalue weighted by molar-refractivity contribution is 6.13. The summed E-state index contributed by atoms with van der Waals surface area (Å²) in [6, 6.07) is 28.7. The molecule has 0 saturated carbocycles. The van der Waals surface area contributed by atoms with E-state index in [4.69, 9.17) is 9.47 Å². The van der Waals surface area contributed by atoms with E-state index in [0.29, 0.717) is 22.6 Å². The Morgan fingerprint density at radius 1 is 0.420 bits per heavy atom. The SMILES string of the molecule is O=C(c1ccc(Oc2ccc(NC(=O)C(F)(F)F)cc2)cc1)c1cccc(C(=O)c2ccc(Oc3ccc(NC(=O)C(F)(F)F)cc3)cc2)c1. The number of carbonyl (C=O) groups is 4.